The van der Waals surface area contributed by atoms with Gasteiger partial charge in [0.1, 0.15) is 18.4 Å². The summed E-state index contributed by atoms with van der Waals surface area (Å²) in [6.45, 7) is 4.35. The van der Waals surface area contributed by atoms with Crippen LogP contribution < -0.4 is 10.1 Å². The summed E-state index contributed by atoms with van der Waals surface area (Å²) in [4.78, 5) is 16.3. The summed E-state index contributed by atoms with van der Waals surface area (Å²) in [5, 5.41) is 7.03. The molecule has 7 heteroatoms. The van der Waals surface area contributed by atoms with E-state index < -0.39 is 0 Å². The monoisotopic (exact) mass is 414 g/mol. The lowest BCUT2D eigenvalue weighted by atomic mass is 10.1. The van der Waals surface area contributed by atoms with E-state index in [0.29, 0.717) is 12.3 Å². The van der Waals surface area contributed by atoms with Gasteiger partial charge in [-0.25, -0.2) is 9.67 Å². The quantitative estimate of drug-likeness (QED) is 0.660. The minimum absolute atomic E-state index is 0.130. The number of nitrogens with zero attached hydrogens (tertiary/aromatic N) is 3. The molecule has 6 nitrogen and oxygen atoms in total. The third-order valence-electron chi connectivity index (χ3n) is 4.04. The average molecular weight is 415 g/mol. The summed E-state index contributed by atoms with van der Waals surface area (Å²) in [6, 6.07) is 11.5. The third kappa shape index (κ3) is 4.29. The number of aromatic nitrogens is 3. The van der Waals surface area contributed by atoms with Crippen molar-refractivity contribution in [1.82, 2.24) is 14.8 Å². The summed E-state index contributed by atoms with van der Waals surface area (Å²) in [6.07, 6.45) is 3.28. The maximum Gasteiger partial charge on any atom is 0.227 e. The van der Waals surface area contributed by atoms with Gasteiger partial charge in [0.15, 0.2) is 0 Å². The highest BCUT2D eigenvalue weighted by Crippen LogP contribution is 2.25. The molecule has 134 valence electrons. The molecule has 0 fully saturated rings. The molecule has 3 rings (SSSR count). The standard InChI is InChI=1S/C19H19BrN4O2/c1-13-4-3-5-18(14(13)2)26-9-8-19(25)23-16-10-15(20)6-7-17(16)24-12-21-11-22-24/h3-7,10-12H,8-9H2,1-2H3,(H,23,25). The van der Waals surface area contributed by atoms with Gasteiger partial charge in [-0.15, -0.1) is 0 Å². The molecule has 0 bridgehead atoms. The van der Waals surface area contributed by atoms with Crippen molar-refractivity contribution >= 4 is 27.5 Å². The summed E-state index contributed by atoms with van der Waals surface area (Å²) < 4.78 is 8.22. The van der Waals surface area contributed by atoms with Crippen LogP contribution in [-0.4, -0.2) is 27.3 Å². The van der Waals surface area contributed by atoms with E-state index in [1.54, 1.807) is 11.0 Å². The van der Waals surface area contributed by atoms with Gasteiger partial charge in [-0.05, 0) is 49.2 Å². The van der Waals surface area contributed by atoms with Gasteiger partial charge in [0.05, 0.1) is 24.4 Å². The lowest BCUT2D eigenvalue weighted by Crippen LogP contribution is -2.17. The zero-order valence-electron chi connectivity index (χ0n) is 14.6. The number of carbonyl (C=O) groups excluding carboxylic acids is 1. The molecule has 0 unspecified atom stereocenters. The fourth-order valence-corrected chi connectivity index (χ4v) is 2.85. The van der Waals surface area contributed by atoms with Crippen LogP contribution in [0, 0.1) is 13.8 Å². The second kappa shape index (κ2) is 8.14. The number of hydrogen-bond donors (Lipinski definition) is 1. The van der Waals surface area contributed by atoms with Crippen LogP contribution in [0.25, 0.3) is 5.69 Å². The Bertz CT molecular complexity index is 910. The lowest BCUT2D eigenvalue weighted by Gasteiger charge is -2.13. The number of benzene rings is 2. The predicted molar refractivity (Wildman–Crippen MR) is 104 cm³/mol. The fourth-order valence-electron chi connectivity index (χ4n) is 2.49. The van der Waals surface area contributed by atoms with Crippen molar-refractivity contribution < 1.29 is 9.53 Å². The number of anilines is 1. The van der Waals surface area contributed by atoms with Crippen molar-refractivity contribution in [3.8, 4) is 11.4 Å². The smallest absolute Gasteiger partial charge is 0.227 e. The van der Waals surface area contributed by atoms with Gasteiger partial charge in [-0.1, -0.05) is 28.1 Å². The molecule has 26 heavy (non-hydrogen) atoms. The first-order valence-corrected chi connectivity index (χ1v) is 8.97. The van der Waals surface area contributed by atoms with E-state index in [2.05, 4.69) is 31.3 Å². The number of carbonyl (C=O) groups is 1. The molecule has 1 amide bonds. The number of rotatable bonds is 6. The van der Waals surface area contributed by atoms with Crippen LogP contribution >= 0.6 is 15.9 Å². The van der Waals surface area contributed by atoms with Crippen LogP contribution in [0.5, 0.6) is 5.75 Å². The molecule has 0 saturated heterocycles. The van der Waals surface area contributed by atoms with Gasteiger partial charge in [-0.2, -0.15) is 5.10 Å². The largest absolute Gasteiger partial charge is 0.493 e. The van der Waals surface area contributed by atoms with Gasteiger partial charge in [0.2, 0.25) is 5.91 Å². The highest BCUT2D eigenvalue weighted by atomic mass is 79.9. The van der Waals surface area contributed by atoms with Crippen molar-refractivity contribution in [1.29, 1.82) is 0 Å². The maximum absolute atomic E-state index is 12.3. The molecule has 0 radical (unpaired) electrons. The van der Waals surface area contributed by atoms with Gasteiger partial charge in [0, 0.05) is 4.47 Å². The topological polar surface area (TPSA) is 69.0 Å². The van der Waals surface area contributed by atoms with Gasteiger partial charge in [0.25, 0.3) is 0 Å². The van der Waals surface area contributed by atoms with Crippen LogP contribution in [-0.2, 0) is 4.79 Å². The molecule has 0 spiro atoms. The molecule has 1 N–H and O–H groups in total. The summed E-state index contributed by atoms with van der Waals surface area (Å²) in [5.41, 5.74) is 3.66. The summed E-state index contributed by atoms with van der Waals surface area (Å²) in [7, 11) is 0. The Labute approximate surface area is 160 Å². The van der Waals surface area contributed by atoms with Crippen LogP contribution in [0.3, 0.4) is 0 Å². The molecule has 3 aromatic rings. The molecular formula is C19H19BrN4O2. The second-order valence-electron chi connectivity index (χ2n) is 5.85. The van der Waals surface area contributed by atoms with Gasteiger partial charge >= 0.3 is 0 Å². The fraction of sp³-hybridized carbons (Fsp3) is 0.211. The Kier molecular flexibility index (Phi) is 5.68. The molecule has 0 aliphatic carbocycles. The SMILES string of the molecule is Cc1cccc(OCCC(=O)Nc2cc(Br)ccc2-n2cncn2)c1C. The number of halogens is 1. The summed E-state index contributed by atoms with van der Waals surface area (Å²) in [5.74, 6) is 0.679. The average Bonchev–Trinajstić information content (AvgIpc) is 3.13. The Balaban J connectivity index is 1.63. The highest BCUT2D eigenvalue weighted by Gasteiger charge is 2.11. The predicted octanol–water partition coefficient (Wildman–Crippen LogP) is 4.05. The second-order valence-corrected chi connectivity index (χ2v) is 6.76. The molecule has 0 aliphatic heterocycles. The Hall–Kier alpha value is -2.67. The van der Waals surface area contributed by atoms with E-state index in [-0.39, 0.29) is 12.3 Å². The number of aryl methyl sites for hydroxylation is 1. The third-order valence-corrected chi connectivity index (χ3v) is 4.53. The normalized spacial score (nSPS) is 10.6. The molecule has 0 aliphatic rings. The number of nitrogens with one attached hydrogen (secondary N) is 1. The van der Waals surface area contributed by atoms with Gasteiger partial charge in [-0.3, -0.25) is 4.79 Å². The zero-order chi connectivity index (χ0) is 18.5. The molecule has 1 aromatic heterocycles. The van der Waals surface area contributed by atoms with Crippen LogP contribution in [0.1, 0.15) is 17.5 Å². The first-order valence-electron chi connectivity index (χ1n) is 8.18. The molecule has 1 heterocycles. The first-order chi connectivity index (χ1) is 12.5. The van der Waals surface area contributed by atoms with E-state index in [0.717, 1.165) is 21.5 Å². The van der Waals surface area contributed by atoms with E-state index in [4.69, 9.17) is 4.74 Å². The summed E-state index contributed by atoms with van der Waals surface area (Å²) >= 11 is 3.43. The Morgan fingerprint density at radius 1 is 1.27 bits per heavy atom. The molecular weight excluding hydrogens is 396 g/mol. The van der Waals surface area contributed by atoms with Crippen LogP contribution in [0.4, 0.5) is 5.69 Å². The van der Waals surface area contributed by atoms with Crippen molar-refractivity contribution in [2.24, 2.45) is 0 Å². The minimum Gasteiger partial charge on any atom is -0.493 e. The molecule has 0 saturated carbocycles. The number of hydrogen-bond acceptors (Lipinski definition) is 4. The van der Waals surface area contributed by atoms with Crippen LogP contribution in [0.2, 0.25) is 0 Å². The Morgan fingerprint density at radius 3 is 2.88 bits per heavy atom. The van der Waals surface area contributed by atoms with Gasteiger partial charge < -0.3 is 10.1 Å². The van der Waals surface area contributed by atoms with Crippen LogP contribution in [0.15, 0.2) is 53.5 Å². The lowest BCUT2D eigenvalue weighted by molar-refractivity contribution is -0.116. The van der Waals surface area contributed by atoms with E-state index >= 15 is 0 Å². The number of ether oxygens (including phenoxy) is 1. The van der Waals surface area contributed by atoms with Crippen molar-refractivity contribution in [3.05, 3.63) is 64.7 Å². The van der Waals surface area contributed by atoms with E-state index in [9.17, 15) is 4.79 Å². The molecule has 0 atom stereocenters. The van der Waals surface area contributed by atoms with Crippen molar-refractivity contribution in [2.45, 2.75) is 20.3 Å². The maximum atomic E-state index is 12.3. The Morgan fingerprint density at radius 2 is 2.12 bits per heavy atom. The van der Waals surface area contributed by atoms with Crippen molar-refractivity contribution in [3.63, 3.8) is 0 Å². The number of amides is 1. The van der Waals surface area contributed by atoms with E-state index in [1.807, 2.05) is 50.2 Å². The first kappa shape index (κ1) is 18.1. The zero-order valence-corrected chi connectivity index (χ0v) is 16.2. The molecule has 2 aromatic carbocycles. The van der Waals surface area contributed by atoms with Crippen molar-refractivity contribution in [2.75, 3.05) is 11.9 Å². The minimum atomic E-state index is -0.130. The van der Waals surface area contributed by atoms with E-state index in [1.165, 1.54) is 11.9 Å². The highest BCUT2D eigenvalue weighted by molar-refractivity contribution is 9.10.